The second-order valence-electron chi connectivity index (χ2n) is 15.2. The van der Waals surface area contributed by atoms with Crippen LogP contribution in [0.15, 0.2) is 225 Å². The third-order valence-electron chi connectivity index (χ3n) is 10.6. The number of hydrogen-bond donors (Lipinski definition) is 0. The van der Waals surface area contributed by atoms with Gasteiger partial charge in [0.05, 0.1) is 11.4 Å². The van der Waals surface area contributed by atoms with Crippen LogP contribution in [-0.2, 0) is 0 Å². The van der Waals surface area contributed by atoms with Crippen molar-refractivity contribution in [1.82, 2.24) is 19.9 Å². The zero-order valence-corrected chi connectivity index (χ0v) is 37.2. The molecule has 9 rings (SSSR count). The Labute approximate surface area is 379 Å². The molecule has 0 amide bonds. The Morgan fingerprint density at radius 2 is 0.688 bits per heavy atom. The molecule has 0 fully saturated rings. The van der Waals surface area contributed by atoms with E-state index in [2.05, 4.69) is 184 Å². The highest BCUT2D eigenvalue weighted by Crippen LogP contribution is 2.36. The molecule has 0 aliphatic rings. The largest absolute Gasteiger partial charge is 0.248 e. The summed E-state index contributed by atoms with van der Waals surface area (Å²) in [6.45, 7) is 11.6. The van der Waals surface area contributed by atoms with Gasteiger partial charge in [-0.3, -0.25) is 0 Å². The van der Waals surface area contributed by atoms with Gasteiger partial charge in [-0.2, -0.15) is 0 Å². The smallest absolute Gasteiger partial charge is 0.163 e. The number of benzene rings is 7. The first-order valence-corrected chi connectivity index (χ1v) is 22.0. The van der Waals surface area contributed by atoms with Crippen molar-refractivity contribution in [2.45, 2.75) is 40.5 Å². The number of allylic oxidation sites excluding steroid dienone is 3. The number of pyridine rings is 1. The third kappa shape index (κ3) is 11.5. The van der Waals surface area contributed by atoms with E-state index in [1.165, 1.54) is 11.1 Å². The van der Waals surface area contributed by atoms with Crippen LogP contribution in [0.2, 0.25) is 0 Å². The lowest BCUT2D eigenvalue weighted by Gasteiger charge is -2.13. The Bertz CT molecular complexity index is 2830. The van der Waals surface area contributed by atoms with Crippen molar-refractivity contribution in [1.29, 1.82) is 0 Å². The van der Waals surface area contributed by atoms with E-state index < -0.39 is 0 Å². The zero-order chi connectivity index (χ0) is 44.5. The summed E-state index contributed by atoms with van der Waals surface area (Å²) in [6, 6.07) is 69.9. The number of aromatic nitrogens is 4. The van der Waals surface area contributed by atoms with E-state index in [-0.39, 0.29) is 0 Å². The van der Waals surface area contributed by atoms with Crippen LogP contribution in [0.1, 0.15) is 39.4 Å². The van der Waals surface area contributed by atoms with Gasteiger partial charge in [-0.15, -0.1) is 6.58 Å². The lowest BCUT2D eigenvalue weighted by molar-refractivity contribution is 0.992. The number of rotatable bonds is 10. The molecule has 0 bridgehead atoms. The predicted octanol–water partition coefficient (Wildman–Crippen LogP) is 16.5. The van der Waals surface area contributed by atoms with E-state index in [4.69, 9.17) is 19.9 Å². The summed E-state index contributed by atoms with van der Waals surface area (Å²) in [4.78, 5) is 19.6. The Morgan fingerprint density at radius 3 is 1.06 bits per heavy atom. The maximum absolute atomic E-state index is 5.08. The molecule has 0 N–H and O–H groups in total. The fraction of sp³-hybridized carbons (Fsp3) is 0.100. The zero-order valence-electron chi connectivity index (χ0n) is 37.2. The summed E-state index contributed by atoms with van der Waals surface area (Å²) in [5, 5.41) is 0. The molecule has 314 valence electrons. The van der Waals surface area contributed by atoms with Crippen LogP contribution >= 0.6 is 0 Å². The van der Waals surface area contributed by atoms with Crippen LogP contribution in [0.5, 0.6) is 0 Å². The summed E-state index contributed by atoms with van der Waals surface area (Å²) in [7, 11) is 0. The number of aryl methyl sites for hydroxylation is 1. The van der Waals surface area contributed by atoms with Gasteiger partial charge in [0, 0.05) is 22.3 Å². The van der Waals surface area contributed by atoms with Gasteiger partial charge in [-0.25, -0.2) is 19.9 Å². The highest BCUT2D eigenvalue weighted by Gasteiger charge is 2.14. The van der Waals surface area contributed by atoms with Crippen molar-refractivity contribution < 1.29 is 0 Å². The standard InChI is InChI=1S/C51H36N4.C5H10.C4H8/c1-35-52-50(43-20-12-5-13-21-43)55-51(53-35)47-31-44(38-24-22-37(23-25-38)36-14-6-2-7-15-36)30-45(32-47)39-26-28-40(29-27-39)46-33-48(41-16-8-3-9-17-41)54-49(34-46)42-18-10-4-11-19-42;1-3-5-4-2;1-3-4-2/h2-34H,1H3;3,5H,4H2,1-2H3;3H,1,4H2,2H3/b;5-3-;. The predicted molar refractivity (Wildman–Crippen MR) is 271 cm³/mol. The first-order valence-electron chi connectivity index (χ1n) is 22.0. The Morgan fingerprint density at radius 1 is 0.359 bits per heavy atom. The highest BCUT2D eigenvalue weighted by molar-refractivity contribution is 5.83. The molecule has 2 aromatic heterocycles. The minimum absolute atomic E-state index is 0.644. The molecule has 2 heterocycles. The number of nitrogens with zero attached hydrogens (tertiary/aromatic N) is 4. The summed E-state index contributed by atoms with van der Waals surface area (Å²) in [6.07, 6.45) is 8.30. The Balaban J connectivity index is 0.000000623. The van der Waals surface area contributed by atoms with E-state index >= 15 is 0 Å². The molecule has 0 aliphatic carbocycles. The van der Waals surface area contributed by atoms with Crippen molar-refractivity contribution >= 4 is 0 Å². The van der Waals surface area contributed by atoms with E-state index in [1.807, 2.05) is 68.5 Å². The van der Waals surface area contributed by atoms with E-state index in [1.54, 1.807) is 0 Å². The van der Waals surface area contributed by atoms with Crippen LogP contribution in [-0.4, -0.2) is 19.9 Å². The molecule has 0 saturated carbocycles. The fourth-order valence-corrected chi connectivity index (χ4v) is 7.20. The molecule has 0 spiro atoms. The average Bonchev–Trinajstić information content (AvgIpc) is 3.37. The Kier molecular flexibility index (Phi) is 15.4. The highest BCUT2D eigenvalue weighted by atomic mass is 15.0. The molecule has 0 radical (unpaired) electrons. The Hall–Kier alpha value is -7.82. The van der Waals surface area contributed by atoms with E-state index in [0.717, 1.165) is 79.9 Å². The minimum atomic E-state index is 0.644. The van der Waals surface area contributed by atoms with Gasteiger partial charge in [-0.1, -0.05) is 202 Å². The quantitative estimate of drug-likeness (QED) is 0.129. The lowest BCUT2D eigenvalue weighted by Crippen LogP contribution is -2.00. The van der Waals surface area contributed by atoms with Crippen LogP contribution in [0.4, 0.5) is 0 Å². The van der Waals surface area contributed by atoms with Crippen molar-refractivity contribution in [3.05, 3.63) is 231 Å². The average molecular weight is 831 g/mol. The third-order valence-corrected chi connectivity index (χ3v) is 10.6. The summed E-state index contributed by atoms with van der Waals surface area (Å²) >= 11 is 0. The molecular weight excluding hydrogens is 777 g/mol. The van der Waals surface area contributed by atoms with Crippen molar-refractivity contribution in [2.24, 2.45) is 0 Å². The topological polar surface area (TPSA) is 51.6 Å². The monoisotopic (exact) mass is 830 g/mol. The molecule has 0 unspecified atom stereocenters. The molecule has 4 heteroatoms. The van der Waals surface area contributed by atoms with E-state index in [9.17, 15) is 0 Å². The van der Waals surface area contributed by atoms with Crippen LogP contribution < -0.4 is 0 Å². The summed E-state index contributed by atoms with van der Waals surface area (Å²) in [5.41, 5.74) is 14.9. The molecule has 0 aliphatic heterocycles. The maximum atomic E-state index is 5.08. The molecule has 4 nitrogen and oxygen atoms in total. The first kappa shape index (κ1) is 44.2. The molecule has 64 heavy (non-hydrogen) atoms. The van der Waals surface area contributed by atoms with Gasteiger partial charge >= 0.3 is 0 Å². The van der Waals surface area contributed by atoms with Gasteiger partial charge in [0.2, 0.25) is 0 Å². The number of hydrogen-bond acceptors (Lipinski definition) is 4. The van der Waals surface area contributed by atoms with Gasteiger partial charge in [0.15, 0.2) is 11.6 Å². The normalized spacial score (nSPS) is 10.6. The van der Waals surface area contributed by atoms with Crippen molar-refractivity contribution in [2.75, 3.05) is 0 Å². The molecule has 7 aromatic carbocycles. The van der Waals surface area contributed by atoms with Gasteiger partial charge in [0.1, 0.15) is 5.82 Å². The van der Waals surface area contributed by atoms with Gasteiger partial charge in [0.25, 0.3) is 0 Å². The van der Waals surface area contributed by atoms with E-state index in [0.29, 0.717) is 17.5 Å². The second kappa shape index (κ2) is 22.3. The van der Waals surface area contributed by atoms with Crippen LogP contribution in [0, 0.1) is 6.92 Å². The fourth-order valence-electron chi connectivity index (χ4n) is 7.20. The first-order chi connectivity index (χ1) is 31.5. The molecule has 0 saturated heterocycles. The summed E-state index contributed by atoms with van der Waals surface area (Å²) in [5.74, 6) is 1.98. The van der Waals surface area contributed by atoms with Gasteiger partial charge in [-0.05, 0) is 102 Å². The van der Waals surface area contributed by atoms with Crippen molar-refractivity contribution in [3.63, 3.8) is 0 Å². The molecule has 0 atom stereocenters. The summed E-state index contributed by atoms with van der Waals surface area (Å²) < 4.78 is 0. The maximum Gasteiger partial charge on any atom is 0.163 e. The van der Waals surface area contributed by atoms with Gasteiger partial charge < -0.3 is 0 Å². The molecular formula is C60H54N4. The van der Waals surface area contributed by atoms with Crippen molar-refractivity contribution in [3.8, 4) is 89.8 Å². The SMILES string of the molecule is C/C=C\CC.C=CCC.Cc1nc(-c2ccccc2)nc(-c2cc(-c3ccc(-c4ccccc4)cc3)cc(-c3ccc(-c4cc(-c5ccccc5)nc(-c5ccccc5)c4)cc3)c2)n1. The van der Waals surface area contributed by atoms with Crippen LogP contribution in [0.3, 0.4) is 0 Å². The lowest BCUT2D eigenvalue weighted by atomic mass is 9.93. The second-order valence-corrected chi connectivity index (χ2v) is 15.2. The minimum Gasteiger partial charge on any atom is -0.248 e. The molecule has 9 aromatic rings. The van der Waals surface area contributed by atoms with Crippen LogP contribution in [0.25, 0.3) is 89.8 Å².